The van der Waals surface area contributed by atoms with Crippen LogP contribution in [0.2, 0.25) is 0 Å². The predicted octanol–water partition coefficient (Wildman–Crippen LogP) is 2.55. The van der Waals surface area contributed by atoms with Crippen LogP contribution in [-0.2, 0) is 4.79 Å². The number of carboxylic acids is 1. The minimum absolute atomic E-state index is 0.112. The van der Waals surface area contributed by atoms with Crippen molar-refractivity contribution in [2.24, 2.45) is 0 Å². The fourth-order valence-electron chi connectivity index (χ4n) is 2.36. The van der Waals surface area contributed by atoms with Crippen molar-refractivity contribution in [1.82, 2.24) is 10.3 Å². The molecule has 0 spiro atoms. The fraction of sp³-hybridized carbons (Fsp3) is 0.312. The molecule has 0 bridgehead atoms. The van der Waals surface area contributed by atoms with Gasteiger partial charge in [0.2, 0.25) is 5.76 Å². The zero-order valence-electron chi connectivity index (χ0n) is 12.7. The van der Waals surface area contributed by atoms with Gasteiger partial charge in [0.1, 0.15) is 0 Å². The van der Waals surface area contributed by atoms with Crippen LogP contribution in [0.15, 0.2) is 28.7 Å². The van der Waals surface area contributed by atoms with Crippen molar-refractivity contribution in [2.45, 2.75) is 33.2 Å². The minimum atomic E-state index is -0.987. The van der Waals surface area contributed by atoms with Gasteiger partial charge in [-0.15, -0.1) is 0 Å². The normalized spacial score (nSPS) is 12.0. The van der Waals surface area contributed by atoms with Gasteiger partial charge in [0, 0.05) is 6.92 Å². The lowest BCUT2D eigenvalue weighted by Crippen LogP contribution is -2.30. The summed E-state index contributed by atoms with van der Waals surface area (Å²) >= 11 is 0. The Balaban J connectivity index is 2.27. The van der Waals surface area contributed by atoms with Crippen molar-refractivity contribution in [3.63, 3.8) is 0 Å². The first-order valence-electron chi connectivity index (χ1n) is 6.90. The number of nitrogens with one attached hydrogen (secondary N) is 1. The Morgan fingerprint density at radius 1 is 1.27 bits per heavy atom. The molecule has 2 rings (SSSR count). The Kier molecular flexibility index (Phi) is 4.60. The molecule has 0 fully saturated rings. The van der Waals surface area contributed by atoms with Crippen molar-refractivity contribution in [3.05, 3.63) is 52.7 Å². The number of aliphatic carboxylic acids is 1. The number of hydrogen-bond donors (Lipinski definition) is 2. The molecule has 0 radical (unpaired) electrons. The first kappa shape index (κ1) is 15.8. The maximum absolute atomic E-state index is 12.3. The molecule has 0 saturated carbocycles. The molecule has 0 aliphatic carbocycles. The van der Waals surface area contributed by atoms with Gasteiger partial charge >= 0.3 is 5.97 Å². The molecular weight excluding hydrogens is 284 g/mol. The third-order valence-electron chi connectivity index (χ3n) is 3.36. The lowest BCUT2D eigenvalue weighted by atomic mass is 9.98. The lowest BCUT2D eigenvalue weighted by molar-refractivity contribution is -0.137. The van der Waals surface area contributed by atoms with Crippen LogP contribution in [0.1, 0.15) is 45.7 Å². The summed E-state index contributed by atoms with van der Waals surface area (Å²) < 4.78 is 5.28. The first-order valence-corrected chi connectivity index (χ1v) is 6.90. The van der Waals surface area contributed by atoms with Gasteiger partial charge in [-0.2, -0.15) is 0 Å². The van der Waals surface area contributed by atoms with Crippen molar-refractivity contribution in [1.29, 1.82) is 0 Å². The summed E-state index contributed by atoms with van der Waals surface area (Å²) in [6, 6.07) is 6.73. The third-order valence-corrected chi connectivity index (χ3v) is 3.36. The maximum atomic E-state index is 12.3. The quantitative estimate of drug-likeness (QED) is 0.885. The second-order valence-electron chi connectivity index (χ2n) is 5.13. The van der Waals surface area contributed by atoms with Gasteiger partial charge < -0.3 is 14.8 Å². The number of rotatable bonds is 5. The number of amides is 1. The Morgan fingerprint density at radius 3 is 2.50 bits per heavy atom. The summed E-state index contributed by atoms with van der Waals surface area (Å²) in [5.41, 5.74) is 2.17. The molecule has 6 nitrogen and oxygen atoms in total. The van der Waals surface area contributed by atoms with Crippen LogP contribution in [0.5, 0.6) is 0 Å². The third kappa shape index (κ3) is 3.52. The summed E-state index contributed by atoms with van der Waals surface area (Å²) in [5, 5.41) is 11.8. The number of aromatic nitrogens is 1. The van der Waals surface area contributed by atoms with Gasteiger partial charge in [0.05, 0.1) is 18.2 Å². The molecule has 6 heteroatoms. The highest BCUT2D eigenvalue weighted by atomic mass is 16.4. The van der Waals surface area contributed by atoms with Gasteiger partial charge in [0.15, 0.2) is 5.89 Å². The molecule has 2 N–H and O–H groups in total. The van der Waals surface area contributed by atoms with Crippen LogP contribution in [0.4, 0.5) is 0 Å². The highest BCUT2D eigenvalue weighted by Crippen LogP contribution is 2.22. The van der Waals surface area contributed by atoms with Crippen molar-refractivity contribution in [3.8, 4) is 0 Å². The van der Waals surface area contributed by atoms with Crippen LogP contribution < -0.4 is 5.32 Å². The monoisotopic (exact) mass is 302 g/mol. The van der Waals surface area contributed by atoms with E-state index in [9.17, 15) is 9.59 Å². The number of carbonyl (C=O) groups excluding carboxylic acids is 1. The van der Waals surface area contributed by atoms with Crippen molar-refractivity contribution in [2.75, 3.05) is 0 Å². The van der Waals surface area contributed by atoms with E-state index in [0.717, 1.165) is 11.1 Å². The summed E-state index contributed by atoms with van der Waals surface area (Å²) in [6.45, 7) is 5.20. The molecule has 1 heterocycles. The molecule has 0 aliphatic rings. The standard InChI is InChI=1S/C16H18N2O4/c1-9-6-4-5-7-12(9)13(8-14(19)20)18-16(21)15-10(2)17-11(3)22-15/h4-7,13H,8H2,1-3H3,(H,18,21)(H,19,20). The molecule has 22 heavy (non-hydrogen) atoms. The van der Waals surface area contributed by atoms with Gasteiger partial charge in [0.25, 0.3) is 5.91 Å². The summed E-state index contributed by atoms with van der Waals surface area (Å²) in [6.07, 6.45) is -0.206. The number of carbonyl (C=O) groups is 2. The van der Waals surface area contributed by atoms with E-state index in [4.69, 9.17) is 9.52 Å². The molecule has 1 aromatic heterocycles. The molecule has 0 saturated heterocycles. The van der Waals surface area contributed by atoms with E-state index >= 15 is 0 Å². The largest absolute Gasteiger partial charge is 0.481 e. The molecule has 1 atom stereocenters. The second kappa shape index (κ2) is 6.43. The molecular formula is C16H18N2O4. The highest BCUT2D eigenvalue weighted by molar-refractivity contribution is 5.93. The van der Waals surface area contributed by atoms with Crippen LogP contribution in [-0.4, -0.2) is 22.0 Å². The Labute approximate surface area is 128 Å². The van der Waals surface area contributed by atoms with Gasteiger partial charge in [-0.25, -0.2) is 4.98 Å². The van der Waals surface area contributed by atoms with Crippen LogP contribution in [0, 0.1) is 20.8 Å². The SMILES string of the molecule is Cc1nc(C)c(C(=O)NC(CC(=O)O)c2ccccc2C)o1. The number of carboxylic acid groups (broad SMARTS) is 1. The average molecular weight is 302 g/mol. The Bertz CT molecular complexity index is 706. The van der Waals surface area contributed by atoms with E-state index < -0.39 is 17.9 Å². The number of nitrogens with zero attached hydrogens (tertiary/aromatic N) is 1. The van der Waals surface area contributed by atoms with Crippen LogP contribution in [0.25, 0.3) is 0 Å². The molecule has 0 aliphatic heterocycles. The second-order valence-corrected chi connectivity index (χ2v) is 5.13. The van der Waals surface area contributed by atoms with Crippen LogP contribution >= 0.6 is 0 Å². The number of oxazole rings is 1. The molecule has 1 amide bonds. The predicted molar refractivity (Wildman–Crippen MR) is 79.6 cm³/mol. The van der Waals surface area contributed by atoms with E-state index in [0.29, 0.717) is 11.6 Å². The molecule has 116 valence electrons. The van der Waals surface area contributed by atoms with Crippen molar-refractivity contribution >= 4 is 11.9 Å². The molecule has 1 aromatic carbocycles. The topological polar surface area (TPSA) is 92.4 Å². The van der Waals surface area contributed by atoms with E-state index in [1.54, 1.807) is 13.8 Å². The number of hydrogen-bond acceptors (Lipinski definition) is 4. The summed E-state index contributed by atoms with van der Waals surface area (Å²) in [7, 11) is 0. The minimum Gasteiger partial charge on any atom is -0.481 e. The lowest BCUT2D eigenvalue weighted by Gasteiger charge is -2.18. The molecule has 2 aromatic rings. The zero-order valence-corrected chi connectivity index (χ0v) is 12.7. The molecule has 1 unspecified atom stereocenters. The van der Waals surface area contributed by atoms with Crippen LogP contribution in [0.3, 0.4) is 0 Å². The van der Waals surface area contributed by atoms with Gasteiger partial charge in [-0.1, -0.05) is 24.3 Å². The summed E-state index contributed by atoms with van der Waals surface area (Å²) in [4.78, 5) is 27.5. The van der Waals surface area contributed by atoms with E-state index in [1.807, 2.05) is 31.2 Å². The van der Waals surface area contributed by atoms with Gasteiger partial charge in [-0.3, -0.25) is 9.59 Å². The Morgan fingerprint density at radius 2 is 1.95 bits per heavy atom. The first-order chi connectivity index (χ1) is 10.4. The van der Waals surface area contributed by atoms with E-state index in [2.05, 4.69) is 10.3 Å². The van der Waals surface area contributed by atoms with Gasteiger partial charge in [-0.05, 0) is 25.0 Å². The van der Waals surface area contributed by atoms with E-state index in [1.165, 1.54) is 0 Å². The Hall–Kier alpha value is -2.63. The number of aryl methyl sites for hydroxylation is 3. The fourth-order valence-corrected chi connectivity index (χ4v) is 2.36. The summed E-state index contributed by atoms with van der Waals surface area (Å²) in [5.74, 6) is -0.943. The number of benzene rings is 1. The zero-order chi connectivity index (χ0) is 16.3. The maximum Gasteiger partial charge on any atom is 0.305 e. The average Bonchev–Trinajstić information content (AvgIpc) is 2.77. The highest BCUT2D eigenvalue weighted by Gasteiger charge is 2.23. The smallest absolute Gasteiger partial charge is 0.305 e. The van der Waals surface area contributed by atoms with Crippen molar-refractivity contribution < 1.29 is 19.1 Å². The van der Waals surface area contributed by atoms with E-state index in [-0.39, 0.29) is 12.2 Å².